The molecule has 0 fully saturated rings. The molecule has 2 N–H and O–H groups in total. The first-order valence-corrected chi connectivity index (χ1v) is 6.66. The lowest BCUT2D eigenvalue weighted by Gasteiger charge is -2.21. The lowest BCUT2D eigenvalue weighted by molar-refractivity contribution is 0.0916. The largest absolute Gasteiger partial charge is 0.396 e. The summed E-state index contributed by atoms with van der Waals surface area (Å²) in [6, 6.07) is 1.66. The minimum Gasteiger partial charge on any atom is -0.396 e. The van der Waals surface area contributed by atoms with Crippen LogP contribution in [0.4, 0.5) is 0 Å². The van der Waals surface area contributed by atoms with Gasteiger partial charge in [0.2, 0.25) is 0 Å². The summed E-state index contributed by atoms with van der Waals surface area (Å²) >= 11 is 0. The number of carbonyl (C=O) groups is 1. The smallest absolute Gasteiger partial charge is 0.257 e. The van der Waals surface area contributed by atoms with Crippen molar-refractivity contribution in [3.05, 3.63) is 23.5 Å². The van der Waals surface area contributed by atoms with Gasteiger partial charge in [-0.15, -0.1) is 0 Å². The average molecular weight is 277 g/mol. The van der Waals surface area contributed by atoms with Crippen LogP contribution in [-0.4, -0.2) is 33.8 Å². The highest BCUT2D eigenvalue weighted by Crippen LogP contribution is 2.17. The van der Waals surface area contributed by atoms with Crippen molar-refractivity contribution in [3.8, 4) is 0 Å². The fraction of sp³-hybridized carbons (Fsp3) is 0.500. The molecule has 0 spiro atoms. The predicted molar refractivity (Wildman–Crippen MR) is 74.3 cm³/mol. The topological polar surface area (TPSA) is 88.2 Å². The van der Waals surface area contributed by atoms with Gasteiger partial charge in [0.15, 0.2) is 0 Å². The van der Waals surface area contributed by atoms with E-state index >= 15 is 0 Å². The van der Waals surface area contributed by atoms with E-state index in [0.29, 0.717) is 23.4 Å². The van der Waals surface area contributed by atoms with Crippen molar-refractivity contribution in [2.75, 3.05) is 6.61 Å². The number of nitrogens with zero attached hydrogens (tertiary/aromatic N) is 2. The summed E-state index contributed by atoms with van der Waals surface area (Å²) in [7, 11) is 0. The highest BCUT2D eigenvalue weighted by atomic mass is 16.5. The van der Waals surface area contributed by atoms with Gasteiger partial charge in [-0.05, 0) is 25.3 Å². The number of pyridine rings is 1. The molecule has 2 rings (SSSR count). The second kappa shape index (κ2) is 6.00. The molecule has 0 bridgehead atoms. The van der Waals surface area contributed by atoms with Gasteiger partial charge in [0.05, 0.1) is 16.6 Å². The number of fused-ring (bicyclic) bond motifs is 1. The molecule has 20 heavy (non-hydrogen) atoms. The Morgan fingerprint density at radius 3 is 2.90 bits per heavy atom. The highest BCUT2D eigenvalue weighted by Gasteiger charge is 2.18. The summed E-state index contributed by atoms with van der Waals surface area (Å²) in [5.74, 6) is 0.0484. The molecule has 2 aromatic rings. The van der Waals surface area contributed by atoms with Crippen molar-refractivity contribution in [2.45, 2.75) is 33.2 Å². The Labute approximate surface area is 117 Å². The Hall–Kier alpha value is -1.95. The summed E-state index contributed by atoms with van der Waals surface area (Å²) in [5, 5.41) is 16.5. The molecule has 0 saturated heterocycles. The molecule has 0 saturated carbocycles. The Kier molecular flexibility index (Phi) is 4.34. The number of amides is 1. The van der Waals surface area contributed by atoms with E-state index in [2.05, 4.69) is 15.5 Å². The SMILES string of the molecule is Cc1noc2ncc(C(=O)NC(CCO)C(C)C)cc12. The third-order valence-corrected chi connectivity index (χ3v) is 3.33. The number of carbonyl (C=O) groups excluding carboxylic acids is 1. The minimum atomic E-state index is -0.202. The van der Waals surface area contributed by atoms with Crippen LogP contribution in [-0.2, 0) is 0 Å². The van der Waals surface area contributed by atoms with E-state index < -0.39 is 0 Å². The minimum absolute atomic E-state index is 0.0468. The number of hydrogen-bond donors (Lipinski definition) is 2. The highest BCUT2D eigenvalue weighted by molar-refractivity contribution is 5.97. The summed E-state index contributed by atoms with van der Waals surface area (Å²) < 4.78 is 5.02. The van der Waals surface area contributed by atoms with Crippen LogP contribution in [0.1, 0.15) is 36.3 Å². The Morgan fingerprint density at radius 2 is 2.25 bits per heavy atom. The van der Waals surface area contributed by atoms with Gasteiger partial charge in [-0.2, -0.15) is 0 Å². The van der Waals surface area contributed by atoms with Gasteiger partial charge in [0.1, 0.15) is 0 Å². The molecule has 2 heterocycles. The van der Waals surface area contributed by atoms with Crippen LogP contribution >= 0.6 is 0 Å². The van der Waals surface area contributed by atoms with Gasteiger partial charge in [-0.3, -0.25) is 4.79 Å². The molecular weight excluding hydrogens is 258 g/mol. The van der Waals surface area contributed by atoms with Crippen LogP contribution in [0.2, 0.25) is 0 Å². The maximum Gasteiger partial charge on any atom is 0.257 e. The molecule has 0 aliphatic rings. The van der Waals surface area contributed by atoms with Crippen molar-refractivity contribution in [3.63, 3.8) is 0 Å². The average Bonchev–Trinajstić information content (AvgIpc) is 2.79. The molecule has 1 amide bonds. The number of rotatable bonds is 5. The lowest BCUT2D eigenvalue weighted by Crippen LogP contribution is -2.39. The maximum absolute atomic E-state index is 12.2. The molecule has 0 aromatic carbocycles. The van der Waals surface area contributed by atoms with Crippen molar-refractivity contribution in [1.29, 1.82) is 0 Å². The first-order chi connectivity index (χ1) is 9.52. The normalized spacial score (nSPS) is 12.8. The molecule has 108 valence electrons. The lowest BCUT2D eigenvalue weighted by atomic mass is 10.0. The zero-order valence-corrected chi connectivity index (χ0v) is 11.9. The second-order valence-corrected chi connectivity index (χ2v) is 5.18. The summed E-state index contributed by atoms with van der Waals surface area (Å²) in [6.07, 6.45) is 2.00. The van der Waals surface area contributed by atoms with E-state index in [4.69, 9.17) is 9.63 Å². The van der Waals surface area contributed by atoms with Crippen LogP contribution < -0.4 is 5.32 Å². The Balaban J connectivity index is 2.19. The third-order valence-electron chi connectivity index (χ3n) is 3.33. The number of aryl methyl sites for hydroxylation is 1. The fourth-order valence-corrected chi connectivity index (χ4v) is 2.03. The zero-order valence-electron chi connectivity index (χ0n) is 11.9. The van der Waals surface area contributed by atoms with Crippen LogP contribution in [0.15, 0.2) is 16.8 Å². The number of hydrogen-bond acceptors (Lipinski definition) is 5. The van der Waals surface area contributed by atoms with Crippen LogP contribution in [0.3, 0.4) is 0 Å². The van der Waals surface area contributed by atoms with Gasteiger partial charge in [0.25, 0.3) is 11.6 Å². The van der Waals surface area contributed by atoms with Crippen molar-refractivity contribution in [1.82, 2.24) is 15.5 Å². The predicted octanol–water partition coefficient (Wildman–Crippen LogP) is 1.67. The Bertz CT molecular complexity index is 607. The standard InChI is InChI=1S/C14H19N3O3/c1-8(2)12(4-5-18)16-13(19)10-6-11-9(3)17-20-14(11)15-7-10/h6-8,12,18H,4-5H2,1-3H3,(H,16,19). The van der Waals surface area contributed by atoms with Gasteiger partial charge >= 0.3 is 0 Å². The van der Waals surface area contributed by atoms with E-state index in [9.17, 15) is 4.79 Å². The van der Waals surface area contributed by atoms with Crippen molar-refractivity contribution >= 4 is 17.0 Å². The zero-order chi connectivity index (χ0) is 14.7. The van der Waals surface area contributed by atoms with E-state index in [1.165, 1.54) is 6.20 Å². The number of aliphatic hydroxyl groups excluding tert-OH is 1. The Morgan fingerprint density at radius 1 is 1.50 bits per heavy atom. The molecule has 2 aromatic heterocycles. The quantitative estimate of drug-likeness (QED) is 0.867. The first kappa shape index (κ1) is 14.5. The summed E-state index contributed by atoms with van der Waals surface area (Å²) in [5.41, 5.74) is 1.60. The number of aromatic nitrogens is 2. The van der Waals surface area contributed by atoms with Gasteiger partial charge in [0, 0.05) is 18.8 Å². The van der Waals surface area contributed by atoms with Gasteiger partial charge in [-0.25, -0.2) is 4.98 Å². The molecule has 0 aliphatic heterocycles. The molecule has 0 radical (unpaired) electrons. The molecular formula is C14H19N3O3. The van der Waals surface area contributed by atoms with E-state index in [-0.39, 0.29) is 24.5 Å². The van der Waals surface area contributed by atoms with Crippen molar-refractivity contribution < 1.29 is 14.4 Å². The second-order valence-electron chi connectivity index (χ2n) is 5.18. The monoisotopic (exact) mass is 277 g/mol. The van der Waals surface area contributed by atoms with Gasteiger partial charge < -0.3 is 14.9 Å². The fourth-order valence-electron chi connectivity index (χ4n) is 2.03. The molecule has 6 nitrogen and oxygen atoms in total. The van der Waals surface area contributed by atoms with E-state index in [1.54, 1.807) is 13.0 Å². The number of aliphatic hydroxyl groups is 1. The maximum atomic E-state index is 12.2. The van der Waals surface area contributed by atoms with E-state index in [1.807, 2.05) is 13.8 Å². The third kappa shape index (κ3) is 2.96. The van der Waals surface area contributed by atoms with Crippen LogP contribution in [0.5, 0.6) is 0 Å². The van der Waals surface area contributed by atoms with Crippen molar-refractivity contribution in [2.24, 2.45) is 5.92 Å². The van der Waals surface area contributed by atoms with Gasteiger partial charge in [-0.1, -0.05) is 19.0 Å². The first-order valence-electron chi connectivity index (χ1n) is 6.66. The molecule has 6 heteroatoms. The molecule has 1 atom stereocenters. The van der Waals surface area contributed by atoms with E-state index in [0.717, 1.165) is 5.39 Å². The van der Waals surface area contributed by atoms with Crippen LogP contribution in [0, 0.1) is 12.8 Å². The summed E-state index contributed by atoms with van der Waals surface area (Å²) in [6.45, 7) is 5.86. The van der Waals surface area contributed by atoms with Crippen LogP contribution in [0.25, 0.3) is 11.1 Å². The molecule has 1 unspecified atom stereocenters. The number of nitrogens with one attached hydrogen (secondary N) is 1. The molecule has 0 aliphatic carbocycles. The summed E-state index contributed by atoms with van der Waals surface area (Å²) in [4.78, 5) is 16.3.